The van der Waals surface area contributed by atoms with Gasteiger partial charge in [-0.1, -0.05) is 30.3 Å². The molecule has 98 valence electrons. The fourth-order valence-corrected chi connectivity index (χ4v) is 3.08. The van der Waals surface area contributed by atoms with Crippen molar-refractivity contribution in [3.63, 3.8) is 0 Å². The smallest absolute Gasteiger partial charge is 0.270 e. The number of hydrogen-bond donors (Lipinski definition) is 0. The lowest BCUT2D eigenvalue weighted by Gasteiger charge is -2.28. The molecular weight excluding hydrogens is 351 g/mol. The Kier molecular flexibility index (Phi) is 3.59. The molecule has 0 radical (unpaired) electrons. The standard InChI is InChI=1S/C15H15IN2O/c16-13-10-14-15(19)17(8-9-18(14)11-13)7-6-12-4-2-1-3-5-12/h1-5,10-11H,6-9H2. The summed E-state index contributed by atoms with van der Waals surface area (Å²) >= 11 is 2.26. The van der Waals surface area contributed by atoms with E-state index in [0.29, 0.717) is 0 Å². The van der Waals surface area contributed by atoms with Crippen molar-refractivity contribution >= 4 is 28.5 Å². The molecule has 0 spiro atoms. The molecule has 19 heavy (non-hydrogen) atoms. The minimum Gasteiger partial charge on any atom is -0.341 e. The van der Waals surface area contributed by atoms with Gasteiger partial charge in [-0.05, 0) is 40.6 Å². The van der Waals surface area contributed by atoms with Crippen molar-refractivity contribution in [3.05, 3.63) is 57.4 Å². The normalized spacial score (nSPS) is 14.6. The van der Waals surface area contributed by atoms with Crippen molar-refractivity contribution in [3.8, 4) is 0 Å². The number of carbonyl (C=O) groups excluding carboxylic acids is 1. The van der Waals surface area contributed by atoms with Gasteiger partial charge in [0.05, 0.1) is 0 Å². The van der Waals surface area contributed by atoms with Crippen LogP contribution in [0.5, 0.6) is 0 Å². The van der Waals surface area contributed by atoms with Gasteiger partial charge < -0.3 is 9.47 Å². The van der Waals surface area contributed by atoms with Gasteiger partial charge >= 0.3 is 0 Å². The number of carbonyl (C=O) groups is 1. The number of rotatable bonds is 3. The fraction of sp³-hybridized carbons (Fsp3) is 0.267. The third kappa shape index (κ3) is 2.68. The van der Waals surface area contributed by atoms with Crippen LogP contribution >= 0.6 is 22.6 Å². The van der Waals surface area contributed by atoms with Crippen molar-refractivity contribution < 1.29 is 4.79 Å². The Morgan fingerprint density at radius 3 is 2.74 bits per heavy atom. The molecule has 4 heteroatoms. The second kappa shape index (κ2) is 5.36. The molecule has 1 amide bonds. The second-order valence-electron chi connectivity index (χ2n) is 4.76. The first kappa shape index (κ1) is 12.7. The molecule has 0 fully saturated rings. The third-order valence-corrected chi connectivity index (χ3v) is 4.08. The Bertz CT molecular complexity index is 591. The summed E-state index contributed by atoms with van der Waals surface area (Å²) in [6.07, 6.45) is 2.96. The highest BCUT2D eigenvalue weighted by molar-refractivity contribution is 14.1. The molecule has 3 rings (SSSR count). The van der Waals surface area contributed by atoms with E-state index in [1.54, 1.807) is 0 Å². The molecule has 2 aromatic rings. The summed E-state index contributed by atoms with van der Waals surface area (Å²) in [5, 5.41) is 0. The van der Waals surface area contributed by atoms with E-state index in [1.165, 1.54) is 5.56 Å². The van der Waals surface area contributed by atoms with Gasteiger partial charge in [0.2, 0.25) is 0 Å². The van der Waals surface area contributed by atoms with Crippen molar-refractivity contribution in [1.82, 2.24) is 9.47 Å². The molecule has 3 nitrogen and oxygen atoms in total. The number of hydrogen-bond acceptors (Lipinski definition) is 1. The first-order valence-corrected chi connectivity index (χ1v) is 7.51. The topological polar surface area (TPSA) is 25.2 Å². The van der Waals surface area contributed by atoms with Crippen molar-refractivity contribution in [2.75, 3.05) is 13.1 Å². The van der Waals surface area contributed by atoms with E-state index in [0.717, 1.165) is 35.3 Å². The molecule has 0 bridgehead atoms. The van der Waals surface area contributed by atoms with Crippen LogP contribution in [0, 0.1) is 3.57 Å². The zero-order valence-electron chi connectivity index (χ0n) is 10.6. The first-order chi connectivity index (χ1) is 9.24. The van der Waals surface area contributed by atoms with Crippen molar-refractivity contribution in [2.24, 2.45) is 0 Å². The SMILES string of the molecule is O=C1c2cc(I)cn2CCN1CCc1ccccc1. The lowest BCUT2D eigenvalue weighted by molar-refractivity contribution is 0.0707. The molecule has 1 aromatic heterocycles. The Hall–Kier alpha value is -1.30. The molecule has 0 aliphatic carbocycles. The first-order valence-electron chi connectivity index (χ1n) is 6.43. The van der Waals surface area contributed by atoms with E-state index in [4.69, 9.17) is 0 Å². The minimum absolute atomic E-state index is 0.157. The van der Waals surface area contributed by atoms with Gasteiger partial charge in [-0.3, -0.25) is 4.79 Å². The van der Waals surface area contributed by atoms with Crippen LogP contribution in [-0.4, -0.2) is 28.5 Å². The number of amides is 1. The number of nitrogens with zero attached hydrogens (tertiary/aromatic N) is 2. The van der Waals surface area contributed by atoms with Gasteiger partial charge in [-0.2, -0.15) is 0 Å². The highest BCUT2D eigenvalue weighted by atomic mass is 127. The quantitative estimate of drug-likeness (QED) is 0.767. The van der Waals surface area contributed by atoms with Crippen LogP contribution in [0.25, 0.3) is 0 Å². The Labute approximate surface area is 126 Å². The number of fused-ring (bicyclic) bond motifs is 1. The maximum atomic E-state index is 12.4. The molecule has 0 unspecified atom stereocenters. The summed E-state index contributed by atoms with van der Waals surface area (Å²) in [4.78, 5) is 14.3. The van der Waals surface area contributed by atoms with E-state index in [1.807, 2.05) is 35.4 Å². The molecule has 2 heterocycles. The van der Waals surface area contributed by atoms with Crippen LogP contribution in [-0.2, 0) is 13.0 Å². The highest BCUT2D eigenvalue weighted by Crippen LogP contribution is 2.18. The van der Waals surface area contributed by atoms with E-state index >= 15 is 0 Å². The Morgan fingerprint density at radius 2 is 1.95 bits per heavy atom. The van der Waals surface area contributed by atoms with Crippen LogP contribution < -0.4 is 0 Å². The summed E-state index contributed by atoms with van der Waals surface area (Å²) in [5.74, 6) is 0.157. The predicted molar refractivity (Wildman–Crippen MR) is 83.2 cm³/mol. The number of halogens is 1. The molecular formula is C15H15IN2O. The lowest BCUT2D eigenvalue weighted by Crippen LogP contribution is -2.40. The predicted octanol–water partition coefficient (Wildman–Crippen LogP) is 2.79. The van der Waals surface area contributed by atoms with Crippen LogP contribution in [0.1, 0.15) is 16.1 Å². The molecule has 0 atom stereocenters. The fourth-order valence-electron chi connectivity index (χ4n) is 2.45. The Balaban J connectivity index is 1.69. The van der Waals surface area contributed by atoms with Gasteiger partial charge in [0.15, 0.2) is 0 Å². The maximum absolute atomic E-state index is 12.4. The third-order valence-electron chi connectivity index (χ3n) is 3.49. The van der Waals surface area contributed by atoms with E-state index in [9.17, 15) is 4.79 Å². The van der Waals surface area contributed by atoms with Gasteiger partial charge in [-0.15, -0.1) is 0 Å². The lowest BCUT2D eigenvalue weighted by atomic mass is 10.1. The molecule has 1 aliphatic heterocycles. The van der Waals surface area contributed by atoms with Gasteiger partial charge in [0.1, 0.15) is 5.69 Å². The average Bonchev–Trinajstić information content (AvgIpc) is 2.81. The molecule has 1 aromatic carbocycles. The van der Waals surface area contributed by atoms with Gasteiger partial charge in [-0.25, -0.2) is 0 Å². The molecule has 0 N–H and O–H groups in total. The zero-order chi connectivity index (χ0) is 13.2. The van der Waals surface area contributed by atoms with Crippen LogP contribution in [0.4, 0.5) is 0 Å². The molecule has 0 saturated carbocycles. The van der Waals surface area contributed by atoms with E-state index in [-0.39, 0.29) is 5.91 Å². The summed E-state index contributed by atoms with van der Waals surface area (Å²) in [6.45, 7) is 2.51. The number of aromatic nitrogens is 1. The van der Waals surface area contributed by atoms with Crippen LogP contribution in [0.2, 0.25) is 0 Å². The number of benzene rings is 1. The van der Waals surface area contributed by atoms with Crippen LogP contribution in [0.15, 0.2) is 42.6 Å². The molecule has 0 saturated heterocycles. The largest absolute Gasteiger partial charge is 0.341 e. The minimum atomic E-state index is 0.157. The Morgan fingerprint density at radius 1 is 1.16 bits per heavy atom. The average molecular weight is 366 g/mol. The highest BCUT2D eigenvalue weighted by Gasteiger charge is 2.24. The maximum Gasteiger partial charge on any atom is 0.270 e. The second-order valence-corrected chi connectivity index (χ2v) is 6.01. The van der Waals surface area contributed by atoms with Crippen LogP contribution in [0.3, 0.4) is 0 Å². The van der Waals surface area contributed by atoms with Crippen molar-refractivity contribution in [2.45, 2.75) is 13.0 Å². The zero-order valence-corrected chi connectivity index (χ0v) is 12.7. The summed E-state index contributed by atoms with van der Waals surface area (Å²) < 4.78 is 3.19. The summed E-state index contributed by atoms with van der Waals surface area (Å²) in [7, 11) is 0. The van der Waals surface area contributed by atoms with E-state index in [2.05, 4.69) is 39.3 Å². The van der Waals surface area contributed by atoms with Gasteiger partial charge in [0.25, 0.3) is 5.91 Å². The molecule has 1 aliphatic rings. The van der Waals surface area contributed by atoms with Crippen molar-refractivity contribution in [1.29, 1.82) is 0 Å². The van der Waals surface area contributed by atoms with Gasteiger partial charge in [0, 0.05) is 29.4 Å². The summed E-state index contributed by atoms with van der Waals surface area (Å²) in [5.41, 5.74) is 2.11. The summed E-state index contributed by atoms with van der Waals surface area (Å²) in [6, 6.07) is 12.3. The monoisotopic (exact) mass is 366 g/mol. The van der Waals surface area contributed by atoms with E-state index < -0.39 is 0 Å².